The standard InChI is InChI=1S/C6H16N2O5Si/c7-5(9)8-3-1-2-4(13-14)6(10,11)12/h4,10-12H,1-3H2,14H3,(H3,7,8,9). The average Bonchev–Trinajstić information content (AvgIpc) is 2.01. The molecule has 0 aliphatic rings. The van der Waals surface area contributed by atoms with Crippen LogP contribution in [0.15, 0.2) is 0 Å². The summed E-state index contributed by atoms with van der Waals surface area (Å²) in [6.07, 6.45) is -0.407. The van der Waals surface area contributed by atoms with E-state index < -0.39 is 18.1 Å². The van der Waals surface area contributed by atoms with Gasteiger partial charge in [0.1, 0.15) is 16.6 Å². The van der Waals surface area contributed by atoms with Gasteiger partial charge in [-0.3, -0.25) is 0 Å². The maximum Gasteiger partial charge on any atom is 0.312 e. The number of hydrogen-bond acceptors (Lipinski definition) is 5. The first-order valence-corrected chi connectivity index (χ1v) is 4.92. The molecule has 0 aliphatic carbocycles. The summed E-state index contributed by atoms with van der Waals surface area (Å²) in [5.74, 6) is -2.82. The molecule has 2 amide bonds. The number of carbonyl (C=O) groups is 1. The van der Waals surface area contributed by atoms with Crippen molar-refractivity contribution in [3.8, 4) is 0 Å². The highest BCUT2D eigenvalue weighted by Crippen LogP contribution is 2.11. The first-order chi connectivity index (χ1) is 6.38. The third kappa shape index (κ3) is 5.88. The molecule has 14 heavy (non-hydrogen) atoms. The van der Waals surface area contributed by atoms with E-state index in [1.165, 1.54) is 0 Å². The van der Waals surface area contributed by atoms with Gasteiger partial charge < -0.3 is 30.8 Å². The van der Waals surface area contributed by atoms with Crippen molar-refractivity contribution in [1.82, 2.24) is 5.32 Å². The maximum absolute atomic E-state index is 10.2. The zero-order valence-corrected chi connectivity index (χ0v) is 9.93. The molecule has 0 saturated carbocycles. The molecule has 84 valence electrons. The van der Waals surface area contributed by atoms with Crippen molar-refractivity contribution in [3.63, 3.8) is 0 Å². The molecule has 0 aromatic heterocycles. The van der Waals surface area contributed by atoms with Gasteiger partial charge in [0.2, 0.25) is 0 Å². The van der Waals surface area contributed by atoms with Gasteiger partial charge in [-0.15, -0.1) is 0 Å². The smallest absolute Gasteiger partial charge is 0.312 e. The van der Waals surface area contributed by atoms with Crippen molar-refractivity contribution < 1.29 is 24.5 Å². The van der Waals surface area contributed by atoms with E-state index in [0.717, 1.165) is 0 Å². The van der Waals surface area contributed by atoms with E-state index in [0.29, 0.717) is 13.0 Å². The number of nitrogens with one attached hydrogen (secondary N) is 1. The van der Waals surface area contributed by atoms with Crippen LogP contribution in [-0.4, -0.2) is 50.5 Å². The molecule has 0 spiro atoms. The molecule has 0 aromatic rings. The Morgan fingerprint density at radius 2 is 2.14 bits per heavy atom. The Kier molecular flexibility index (Phi) is 5.65. The fraction of sp³-hybridized carbons (Fsp3) is 0.833. The summed E-state index contributed by atoms with van der Waals surface area (Å²) in [6, 6.07) is -0.642. The highest BCUT2D eigenvalue weighted by Gasteiger charge is 2.30. The van der Waals surface area contributed by atoms with Crippen LogP contribution in [0.25, 0.3) is 0 Å². The zero-order chi connectivity index (χ0) is 11.2. The van der Waals surface area contributed by atoms with Crippen LogP contribution in [0.5, 0.6) is 0 Å². The maximum atomic E-state index is 10.2. The molecule has 6 N–H and O–H groups in total. The van der Waals surface area contributed by atoms with Crippen molar-refractivity contribution in [1.29, 1.82) is 0 Å². The molecule has 0 saturated heterocycles. The quantitative estimate of drug-likeness (QED) is 0.184. The molecule has 1 atom stereocenters. The molecule has 0 bridgehead atoms. The van der Waals surface area contributed by atoms with Gasteiger partial charge in [0.15, 0.2) is 0 Å². The van der Waals surface area contributed by atoms with Crippen molar-refractivity contribution in [2.24, 2.45) is 5.73 Å². The highest BCUT2D eigenvalue weighted by molar-refractivity contribution is 5.98. The van der Waals surface area contributed by atoms with Crippen molar-refractivity contribution in [2.45, 2.75) is 24.9 Å². The second-order valence-electron chi connectivity index (χ2n) is 2.84. The minimum atomic E-state index is -2.82. The van der Waals surface area contributed by atoms with E-state index in [4.69, 9.17) is 25.5 Å². The third-order valence-electron chi connectivity index (χ3n) is 1.66. The number of carbonyl (C=O) groups excluding carboxylic acids is 1. The molecule has 0 fully saturated rings. The molecule has 7 nitrogen and oxygen atoms in total. The van der Waals surface area contributed by atoms with E-state index in [-0.39, 0.29) is 16.9 Å². The Bertz CT molecular complexity index is 184. The fourth-order valence-electron chi connectivity index (χ4n) is 0.969. The first kappa shape index (κ1) is 13.3. The van der Waals surface area contributed by atoms with E-state index in [2.05, 4.69) is 5.32 Å². The Labute approximate surface area is 84.4 Å². The van der Waals surface area contributed by atoms with E-state index in [1.807, 2.05) is 0 Å². The summed E-state index contributed by atoms with van der Waals surface area (Å²) in [7, 11) is 0.276. The second-order valence-corrected chi connectivity index (χ2v) is 3.32. The van der Waals surface area contributed by atoms with Gasteiger partial charge in [-0.1, -0.05) is 0 Å². The van der Waals surface area contributed by atoms with Gasteiger partial charge in [0.05, 0.1) is 0 Å². The minimum absolute atomic E-state index is 0.216. The fourth-order valence-corrected chi connectivity index (χ4v) is 1.52. The van der Waals surface area contributed by atoms with Gasteiger partial charge >= 0.3 is 12.0 Å². The largest absolute Gasteiger partial charge is 0.417 e. The van der Waals surface area contributed by atoms with Crippen LogP contribution in [0.1, 0.15) is 12.8 Å². The van der Waals surface area contributed by atoms with Crippen LogP contribution >= 0.6 is 0 Å². The highest BCUT2D eigenvalue weighted by atomic mass is 28.2. The van der Waals surface area contributed by atoms with Gasteiger partial charge in [-0.25, -0.2) is 4.79 Å². The summed E-state index contributed by atoms with van der Waals surface area (Å²) in [6.45, 7) is 0.298. The lowest BCUT2D eigenvalue weighted by Gasteiger charge is -2.24. The molecular formula is C6H16N2O5Si. The van der Waals surface area contributed by atoms with Crippen LogP contribution in [0.2, 0.25) is 0 Å². The molecule has 1 unspecified atom stereocenters. The summed E-state index contributed by atoms with van der Waals surface area (Å²) in [5, 5.41) is 28.7. The van der Waals surface area contributed by atoms with Gasteiger partial charge in [0.25, 0.3) is 0 Å². The van der Waals surface area contributed by atoms with Gasteiger partial charge in [-0.05, 0) is 12.8 Å². The van der Waals surface area contributed by atoms with Crippen LogP contribution in [0, 0.1) is 0 Å². The Balaban J connectivity index is 3.69. The van der Waals surface area contributed by atoms with E-state index in [1.54, 1.807) is 0 Å². The van der Waals surface area contributed by atoms with Crippen molar-refractivity contribution in [2.75, 3.05) is 6.54 Å². The molecule has 0 radical (unpaired) electrons. The summed E-state index contributed by atoms with van der Waals surface area (Å²) >= 11 is 0. The molecule has 0 aromatic carbocycles. The Morgan fingerprint density at radius 3 is 2.50 bits per heavy atom. The number of nitrogens with two attached hydrogens (primary N) is 1. The SMILES string of the molecule is NC(=O)NCCCC(O[SiH3])C(O)(O)O. The predicted molar refractivity (Wildman–Crippen MR) is 51.0 cm³/mol. The number of amides is 2. The Hall–Kier alpha value is -0.673. The van der Waals surface area contributed by atoms with Crippen LogP contribution < -0.4 is 11.1 Å². The normalized spacial score (nSPS) is 13.9. The van der Waals surface area contributed by atoms with Crippen LogP contribution in [-0.2, 0) is 4.43 Å². The molecule has 0 heterocycles. The van der Waals surface area contributed by atoms with Crippen molar-refractivity contribution >= 4 is 16.5 Å². The lowest BCUT2D eigenvalue weighted by Crippen LogP contribution is -2.43. The van der Waals surface area contributed by atoms with Crippen molar-refractivity contribution in [3.05, 3.63) is 0 Å². The summed E-state index contributed by atoms with van der Waals surface area (Å²) in [4.78, 5) is 10.2. The third-order valence-corrected chi connectivity index (χ3v) is 2.23. The van der Waals surface area contributed by atoms with E-state index in [9.17, 15) is 4.79 Å². The number of rotatable bonds is 6. The van der Waals surface area contributed by atoms with E-state index >= 15 is 0 Å². The molecule has 0 rings (SSSR count). The molecule has 8 heteroatoms. The lowest BCUT2D eigenvalue weighted by atomic mass is 10.1. The summed E-state index contributed by atoms with van der Waals surface area (Å²) < 4.78 is 4.77. The average molecular weight is 224 g/mol. The summed E-state index contributed by atoms with van der Waals surface area (Å²) in [5.41, 5.74) is 4.81. The minimum Gasteiger partial charge on any atom is -0.417 e. The van der Waals surface area contributed by atoms with Crippen LogP contribution in [0.3, 0.4) is 0 Å². The first-order valence-electron chi connectivity index (χ1n) is 4.11. The zero-order valence-electron chi connectivity index (χ0n) is 7.93. The molecule has 0 aliphatic heterocycles. The monoisotopic (exact) mass is 224 g/mol. The second kappa shape index (κ2) is 5.93. The number of urea groups is 1. The number of aliphatic hydroxyl groups is 3. The number of primary amides is 1. The van der Waals surface area contributed by atoms with Crippen LogP contribution in [0.4, 0.5) is 4.79 Å². The number of hydrogen-bond donors (Lipinski definition) is 5. The lowest BCUT2D eigenvalue weighted by molar-refractivity contribution is -0.350. The van der Waals surface area contributed by atoms with Gasteiger partial charge in [-0.2, -0.15) is 0 Å². The predicted octanol–water partition coefficient (Wildman–Crippen LogP) is -3.27. The Morgan fingerprint density at radius 1 is 1.57 bits per heavy atom. The van der Waals surface area contributed by atoms with Gasteiger partial charge in [0, 0.05) is 6.54 Å². The molecular weight excluding hydrogens is 208 g/mol. The topological polar surface area (TPSA) is 125 Å².